The molecule has 6 nitrogen and oxygen atoms in total. The highest BCUT2D eigenvalue weighted by Crippen LogP contribution is 2.18. The van der Waals surface area contributed by atoms with E-state index in [0.717, 1.165) is 13.1 Å². The molecule has 2 fully saturated rings. The number of likely N-dealkylation sites (tertiary alicyclic amines) is 1. The van der Waals surface area contributed by atoms with Crippen molar-refractivity contribution in [1.29, 1.82) is 0 Å². The zero-order valence-corrected chi connectivity index (χ0v) is 10.3. The molecule has 0 unspecified atom stereocenters. The van der Waals surface area contributed by atoms with Gasteiger partial charge in [0.2, 0.25) is 0 Å². The van der Waals surface area contributed by atoms with Crippen LogP contribution >= 0.6 is 12.4 Å². The van der Waals surface area contributed by atoms with Gasteiger partial charge in [-0.2, -0.15) is 0 Å². The third kappa shape index (κ3) is 4.52. The Bertz CT molecular complexity index is 244. The van der Waals surface area contributed by atoms with Gasteiger partial charge in [-0.1, -0.05) is 0 Å². The maximum atomic E-state index is 10.1. The normalized spacial score (nSPS) is 23.9. The number of carbonyl (C=O) groups is 1. The van der Waals surface area contributed by atoms with Gasteiger partial charge in [-0.3, -0.25) is 0 Å². The van der Waals surface area contributed by atoms with E-state index < -0.39 is 11.7 Å². The van der Waals surface area contributed by atoms with E-state index in [9.17, 15) is 4.79 Å². The van der Waals surface area contributed by atoms with Crippen molar-refractivity contribution in [3.05, 3.63) is 0 Å². The van der Waals surface area contributed by atoms with Crippen molar-refractivity contribution in [1.82, 2.24) is 10.2 Å². The van der Waals surface area contributed by atoms with Crippen molar-refractivity contribution in [2.24, 2.45) is 0 Å². The molecule has 96 valence electrons. The van der Waals surface area contributed by atoms with Crippen LogP contribution in [0.1, 0.15) is 13.8 Å². The van der Waals surface area contributed by atoms with Crippen molar-refractivity contribution in [3.8, 4) is 0 Å². The Morgan fingerprint density at radius 2 is 1.56 bits per heavy atom. The number of halogens is 1. The van der Waals surface area contributed by atoms with Gasteiger partial charge in [0.05, 0.1) is 24.3 Å². The molecule has 0 saturated carbocycles. The quantitative estimate of drug-likeness (QED) is 0.467. The summed E-state index contributed by atoms with van der Waals surface area (Å²) in [4.78, 5) is 11.3. The lowest BCUT2D eigenvalue weighted by Gasteiger charge is -2.42. The minimum absolute atomic E-state index is 0. The van der Waals surface area contributed by atoms with Gasteiger partial charge in [0, 0.05) is 13.1 Å². The van der Waals surface area contributed by atoms with Crippen LogP contribution in [0, 0.1) is 0 Å². The molecule has 7 heteroatoms. The average Bonchev–Trinajstić information content (AvgIpc) is 1.98. The van der Waals surface area contributed by atoms with Crippen molar-refractivity contribution in [2.45, 2.75) is 25.0 Å². The van der Waals surface area contributed by atoms with Gasteiger partial charge >= 0.3 is 6.09 Å². The summed E-state index contributed by atoms with van der Waals surface area (Å²) in [6.45, 7) is 5.43. The Morgan fingerprint density at radius 3 is 1.62 bits per heavy atom. The molecule has 1 amide bonds. The Morgan fingerprint density at radius 1 is 1.19 bits per heavy atom. The van der Waals surface area contributed by atoms with Crippen LogP contribution in [0.3, 0.4) is 0 Å². The van der Waals surface area contributed by atoms with Crippen molar-refractivity contribution in [3.63, 3.8) is 0 Å². The third-order valence-corrected chi connectivity index (χ3v) is 2.35. The number of hydrogen-bond donors (Lipinski definition) is 4. The van der Waals surface area contributed by atoms with Crippen molar-refractivity contribution in [2.75, 3.05) is 26.2 Å². The molecule has 0 atom stereocenters. The first kappa shape index (κ1) is 15.4. The number of nitrogens with zero attached hydrogens (tertiary/aromatic N) is 1. The fourth-order valence-electron chi connectivity index (χ4n) is 1.40. The van der Waals surface area contributed by atoms with E-state index in [-0.39, 0.29) is 31.1 Å². The second kappa shape index (κ2) is 5.18. The predicted molar refractivity (Wildman–Crippen MR) is 61.0 cm³/mol. The first-order chi connectivity index (χ1) is 6.72. The van der Waals surface area contributed by atoms with Gasteiger partial charge in [0.1, 0.15) is 0 Å². The fraction of sp³-hybridized carbons (Fsp3) is 0.889. The highest BCUT2D eigenvalue weighted by molar-refractivity contribution is 5.85. The largest absolute Gasteiger partial charge is 0.465 e. The van der Waals surface area contributed by atoms with E-state index in [2.05, 4.69) is 5.32 Å². The molecular formula is C9H19ClN2O4. The molecule has 0 aromatic rings. The molecule has 4 N–H and O–H groups in total. The van der Waals surface area contributed by atoms with Crippen LogP contribution in [0.5, 0.6) is 0 Å². The second-order valence-corrected chi connectivity index (χ2v) is 4.74. The molecular weight excluding hydrogens is 236 g/mol. The molecule has 0 aliphatic carbocycles. The number of carboxylic acid groups (broad SMARTS) is 1. The van der Waals surface area contributed by atoms with Crippen LogP contribution in [-0.4, -0.2) is 63.7 Å². The lowest BCUT2D eigenvalue weighted by Crippen LogP contribution is -2.61. The van der Waals surface area contributed by atoms with Crippen LogP contribution in [0.4, 0.5) is 4.79 Å². The van der Waals surface area contributed by atoms with E-state index in [1.165, 1.54) is 4.90 Å². The number of hydrogen-bond acceptors (Lipinski definition) is 4. The number of rotatable bonds is 0. The van der Waals surface area contributed by atoms with Crippen molar-refractivity contribution >= 4 is 18.5 Å². The number of nitrogens with one attached hydrogen (secondary N) is 1. The summed E-state index contributed by atoms with van der Waals surface area (Å²) in [6.07, 6.45) is -0.957. The average molecular weight is 255 g/mol. The second-order valence-electron chi connectivity index (χ2n) is 4.74. The lowest BCUT2D eigenvalue weighted by atomic mass is 9.98. The molecule has 0 spiro atoms. The molecule has 0 aromatic carbocycles. The summed E-state index contributed by atoms with van der Waals surface area (Å²) in [5, 5.41) is 29.1. The molecule has 0 radical (unpaired) electrons. The Balaban J connectivity index is 0.000000283. The summed E-state index contributed by atoms with van der Waals surface area (Å²) in [5.74, 6) is 0. The van der Waals surface area contributed by atoms with Gasteiger partial charge in [-0.15, -0.1) is 12.4 Å². The predicted octanol–water partition coefficient (Wildman–Crippen LogP) is -0.507. The summed E-state index contributed by atoms with van der Waals surface area (Å²) < 4.78 is 0. The molecule has 2 rings (SSSR count). The van der Waals surface area contributed by atoms with E-state index in [1.54, 1.807) is 6.92 Å². The SMILES string of the molecule is CC1(O)CN(C(=O)O)C1.CC1(O)CNC1.Cl. The van der Waals surface area contributed by atoms with Gasteiger partial charge in [0.25, 0.3) is 0 Å². The molecule has 2 aliphatic heterocycles. The summed E-state index contributed by atoms with van der Waals surface area (Å²) >= 11 is 0. The first-order valence-electron chi connectivity index (χ1n) is 4.85. The smallest absolute Gasteiger partial charge is 0.407 e. The molecule has 0 aromatic heterocycles. The standard InChI is InChI=1S/C5H9NO3.C4H9NO.ClH/c1-5(9)2-6(3-5)4(7)8;1-4(6)2-5-3-4;/h9H,2-3H2,1H3,(H,7,8);5-6H,2-3H2,1H3;1H. The van der Waals surface area contributed by atoms with Crippen LogP contribution in [0.25, 0.3) is 0 Å². The molecule has 2 heterocycles. The topological polar surface area (TPSA) is 93.0 Å². The zero-order chi connectivity index (χ0) is 11.7. The highest BCUT2D eigenvalue weighted by Gasteiger charge is 2.39. The lowest BCUT2D eigenvalue weighted by molar-refractivity contribution is -0.0699. The summed E-state index contributed by atoms with van der Waals surface area (Å²) in [7, 11) is 0. The van der Waals surface area contributed by atoms with E-state index >= 15 is 0 Å². The van der Waals surface area contributed by atoms with Gasteiger partial charge in [-0.05, 0) is 13.8 Å². The van der Waals surface area contributed by atoms with Crippen molar-refractivity contribution < 1.29 is 20.1 Å². The van der Waals surface area contributed by atoms with E-state index in [0.29, 0.717) is 0 Å². The first-order valence-corrected chi connectivity index (χ1v) is 4.85. The maximum absolute atomic E-state index is 10.1. The van der Waals surface area contributed by atoms with E-state index in [4.69, 9.17) is 15.3 Å². The van der Waals surface area contributed by atoms with Crippen LogP contribution in [-0.2, 0) is 0 Å². The summed E-state index contributed by atoms with van der Waals surface area (Å²) in [5.41, 5.74) is -1.17. The van der Waals surface area contributed by atoms with Gasteiger partial charge < -0.3 is 25.5 Å². The van der Waals surface area contributed by atoms with Gasteiger partial charge in [0.15, 0.2) is 0 Å². The van der Waals surface area contributed by atoms with E-state index in [1.807, 2.05) is 6.92 Å². The minimum Gasteiger partial charge on any atom is -0.465 e. The van der Waals surface area contributed by atoms with Crippen LogP contribution in [0.15, 0.2) is 0 Å². The van der Waals surface area contributed by atoms with Crippen LogP contribution in [0.2, 0.25) is 0 Å². The molecule has 2 saturated heterocycles. The zero-order valence-electron chi connectivity index (χ0n) is 9.43. The minimum atomic E-state index is -0.957. The Hall–Kier alpha value is -0.560. The Kier molecular flexibility index (Phi) is 5.00. The molecule has 16 heavy (non-hydrogen) atoms. The molecule has 2 aliphatic rings. The number of β-amino-alcohol motifs (C(OH)–C–C–N with tert-alkyl or cyclic N) is 2. The Labute approximate surface area is 101 Å². The third-order valence-electron chi connectivity index (χ3n) is 2.35. The number of aliphatic hydroxyl groups is 2. The summed E-state index contributed by atoms with van der Waals surface area (Å²) in [6, 6.07) is 0. The maximum Gasteiger partial charge on any atom is 0.407 e. The molecule has 0 bridgehead atoms. The van der Waals surface area contributed by atoms with Gasteiger partial charge in [-0.25, -0.2) is 4.79 Å². The number of amides is 1. The fourth-order valence-corrected chi connectivity index (χ4v) is 1.40. The monoisotopic (exact) mass is 254 g/mol. The highest BCUT2D eigenvalue weighted by atomic mass is 35.5. The van der Waals surface area contributed by atoms with Crippen LogP contribution < -0.4 is 5.32 Å².